The van der Waals surface area contributed by atoms with Crippen molar-refractivity contribution in [3.63, 3.8) is 0 Å². The molecule has 0 amide bonds. The Morgan fingerprint density at radius 3 is 2.12 bits per heavy atom. The predicted octanol–water partition coefficient (Wildman–Crippen LogP) is -0.0665. The minimum atomic E-state index is -0.467. The molecular formula is C5H12NOP. The lowest BCUT2D eigenvalue weighted by molar-refractivity contribution is 0.101. The molecule has 1 aliphatic heterocycles. The number of aliphatic hydroxyl groups is 1. The van der Waals surface area contributed by atoms with E-state index < -0.39 is 5.34 Å². The van der Waals surface area contributed by atoms with Gasteiger partial charge in [0, 0.05) is 0 Å². The smallest absolute Gasteiger partial charge is 0.0802 e. The van der Waals surface area contributed by atoms with Crippen molar-refractivity contribution < 1.29 is 5.11 Å². The van der Waals surface area contributed by atoms with E-state index >= 15 is 0 Å². The molecule has 1 fully saturated rings. The molecule has 48 valence electrons. The first-order valence-corrected chi connectivity index (χ1v) is 3.50. The zero-order chi connectivity index (χ0) is 6.04. The van der Waals surface area contributed by atoms with Crippen molar-refractivity contribution in [3.05, 3.63) is 0 Å². The van der Waals surface area contributed by atoms with Crippen LogP contribution in [-0.4, -0.2) is 23.5 Å². The monoisotopic (exact) mass is 133 g/mol. The maximum Gasteiger partial charge on any atom is 0.0802 e. The van der Waals surface area contributed by atoms with Crippen LogP contribution in [0.5, 0.6) is 0 Å². The van der Waals surface area contributed by atoms with Crippen LogP contribution in [0.3, 0.4) is 0 Å². The Balaban J connectivity index is 2.33. The number of piperidine rings is 1. The Hall–Kier alpha value is 0.350. The van der Waals surface area contributed by atoms with Crippen molar-refractivity contribution in [3.8, 4) is 0 Å². The van der Waals surface area contributed by atoms with Gasteiger partial charge in [-0.2, -0.15) is 0 Å². The van der Waals surface area contributed by atoms with Gasteiger partial charge < -0.3 is 10.4 Å². The van der Waals surface area contributed by atoms with Crippen LogP contribution in [0.4, 0.5) is 0 Å². The van der Waals surface area contributed by atoms with E-state index in [0.717, 1.165) is 25.9 Å². The SMILES string of the molecule is OC1(P)CCNCC1. The summed E-state index contributed by atoms with van der Waals surface area (Å²) < 4.78 is 0. The van der Waals surface area contributed by atoms with E-state index in [1.165, 1.54) is 0 Å². The first-order valence-electron chi connectivity index (χ1n) is 2.93. The molecule has 0 bridgehead atoms. The molecule has 8 heavy (non-hydrogen) atoms. The molecule has 2 nitrogen and oxygen atoms in total. The van der Waals surface area contributed by atoms with Crippen LogP contribution in [0, 0.1) is 0 Å². The Labute approximate surface area is 51.9 Å². The van der Waals surface area contributed by atoms with E-state index in [2.05, 4.69) is 14.6 Å². The van der Waals surface area contributed by atoms with Gasteiger partial charge in [0.05, 0.1) is 5.34 Å². The second kappa shape index (κ2) is 2.30. The van der Waals surface area contributed by atoms with E-state index in [9.17, 15) is 5.11 Å². The molecule has 2 N–H and O–H groups in total. The first-order chi connectivity index (χ1) is 3.71. The lowest BCUT2D eigenvalue weighted by Gasteiger charge is -2.27. The summed E-state index contributed by atoms with van der Waals surface area (Å²) in [4.78, 5) is 0. The number of rotatable bonds is 0. The second-order valence-corrected chi connectivity index (χ2v) is 3.43. The van der Waals surface area contributed by atoms with Crippen LogP contribution in [0.15, 0.2) is 0 Å². The molecule has 1 heterocycles. The Bertz CT molecular complexity index is 76.5. The maximum absolute atomic E-state index is 9.30. The highest BCUT2D eigenvalue weighted by atomic mass is 31.0. The minimum absolute atomic E-state index is 0.467. The van der Waals surface area contributed by atoms with E-state index in [4.69, 9.17) is 0 Å². The zero-order valence-electron chi connectivity index (χ0n) is 4.85. The minimum Gasteiger partial charge on any atom is -0.386 e. The molecule has 0 aromatic heterocycles. The third-order valence-corrected chi connectivity index (χ3v) is 2.05. The number of nitrogens with one attached hydrogen (secondary N) is 1. The number of hydrogen-bond donors (Lipinski definition) is 2. The average Bonchev–Trinajstić information content (AvgIpc) is 1.65. The number of hydrogen-bond acceptors (Lipinski definition) is 2. The molecule has 0 radical (unpaired) electrons. The molecular weight excluding hydrogens is 121 g/mol. The Morgan fingerprint density at radius 1 is 1.38 bits per heavy atom. The van der Waals surface area contributed by atoms with E-state index in [0.29, 0.717) is 0 Å². The molecule has 1 unspecified atom stereocenters. The van der Waals surface area contributed by atoms with Crippen LogP contribution >= 0.6 is 9.24 Å². The fourth-order valence-corrected chi connectivity index (χ4v) is 1.15. The van der Waals surface area contributed by atoms with Gasteiger partial charge in [0.2, 0.25) is 0 Å². The van der Waals surface area contributed by atoms with Crippen molar-refractivity contribution in [2.45, 2.75) is 18.2 Å². The standard InChI is InChI=1S/C5H12NOP/c7-5(8)1-3-6-4-2-5/h6-7H,1-4,8H2. The molecule has 0 aromatic carbocycles. The highest BCUT2D eigenvalue weighted by molar-refractivity contribution is 7.18. The van der Waals surface area contributed by atoms with Crippen molar-refractivity contribution in [1.82, 2.24) is 5.32 Å². The van der Waals surface area contributed by atoms with Gasteiger partial charge in [-0.1, -0.05) is 0 Å². The predicted molar refractivity (Wildman–Crippen MR) is 36.8 cm³/mol. The fraction of sp³-hybridized carbons (Fsp3) is 1.00. The zero-order valence-corrected chi connectivity index (χ0v) is 6.01. The van der Waals surface area contributed by atoms with Gasteiger partial charge in [0.1, 0.15) is 0 Å². The lowest BCUT2D eigenvalue weighted by Crippen LogP contribution is -2.36. The summed E-state index contributed by atoms with van der Waals surface area (Å²) in [7, 11) is 2.48. The van der Waals surface area contributed by atoms with Crippen molar-refractivity contribution in [2.75, 3.05) is 13.1 Å². The van der Waals surface area contributed by atoms with Gasteiger partial charge >= 0.3 is 0 Å². The van der Waals surface area contributed by atoms with Gasteiger partial charge in [-0.25, -0.2) is 0 Å². The lowest BCUT2D eigenvalue weighted by atomic mass is 10.1. The third kappa shape index (κ3) is 1.70. The van der Waals surface area contributed by atoms with Crippen molar-refractivity contribution in [2.24, 2.45) is 0 Å². The molecule has 0 aromatic rings. The topological polar surface area (TPSA) is 32.3 Å². The average molecular weight is 133 g/mol. The molecule has 1 rings (SSSR count). The molecule has 1 aliphatic rings. The van der Waals surface area contributed by atoms with E-state index in [1.807, 2.05) is 0 Å². The van der Waals surface area contributed by atoms with Crippen LogP contribution in [-0.2, 0) is 0 Å². The van der Waals surface area contributed by atoms with Crippen molar-refractivity contribution in [1.29, 1.82) is 0 Å². The Morgan fingerprint density at radius 2 is 1.88 bits per heavy atom. The second-order valence-electron chi connectivity index (χ2n) is 2.35. The van der Waals surface area contributed by atoms with Gasteiger partial charge in [-0.15, -0.1) is 9.24 Å². The normalized spacial score (nSPS) is 27.8. The summed E-state index contributed by atoms with van der Waals surface area (Å²) in [6.45, 7) is 1.89. The summed E-state index contributed by atoms with van der Waals surface area (Å²) in [5.74, 6) is 0. The fourth-order valence-electron chi connectivity index (χ4n) is 0.860. The summed E-state index contributed by atoms with van der Waals surface area (Å²) in [6, 6.07) is 0. The summed E-state index contributed by atoms with van der Waals surface area (Å²) in [5, 5.41) is 12.0. The Kier molecular flexibility index (Phi) is 1.86. The highest BCUT2D eigenvalue weighted by Gasteiger charge is 2.22. The van der Waals surface area contributed by atoms with Crippen LogP contribution in [0.2, 0.25) is 0 Å². The van der Waals surface area contributed by atoms with Crippen LogP contribution < -0.4 is 5.32 Å². The largest absolute Gasteiger partial charge is 0.386 e. The highest BCUT2D eigenvalue weighted by Crippen LogP contribution is 2.24. The molecule has 3 heteroatoms. The van der Waals surface area contributed by atoms with Gasteiger partial charge in [0.15, 0.2) is 0 Å². The van der Waals surface area contributed by atoms with E-state index in [1.54, 1.807) is 0 Å². The quantitative estimate of drug-likeness (QED) is 0.453. The maximum atomic E-state index is 9.30. The van der Waals surface area contributed by atoms with E-state index in [-0.39, 0.29) is 0 Å². The molecule has 0 saturated carbocycles. The van der Waals surface area contributed by atoms with Gasteiger partial charge in [-0.05, 0) is 25.9 Å². The summed E-state index contributed by atoms with van der Waals surface area (Å²) >= 11 is 0. The van der Waals surface area contributed by atoms with Crippen LogP contribution in [0.25, 0.3) is 0 Å². The molecule has 0 spiro atoms. The summed E-state index contributed by atoms with van der Waals surface area (Å²) in [6.07, 6.45) is 1.72. The third-order valence-electron chi connectivity index (χ3n) is 1.47. The van der Waals surface area contributed by atoms with Gasteiger partial charge in [0.25, 0.3) is 0 Å². The van der Waals surface area contributed by atoms with Crippen LogP contribution in [0.1, 0.15) is 12.8 Å². The summed E-state index contributed by atoms with van der Waals surface area (Å²) in [5.41, 5.74) is 0. The van der Waals surface area contributed by atoms with Gasteiger partial charge in [-0.3, -0.25) is 0 Å². The van der Waals surface area contributed by atoms with Crippen molar-refractivity contribution >= 4 is 9.24 Å². The molecule has 1 saturated heterocycles. The first kappa shape index (κ1) is 6.47. The molecule has 0 aliphatic carbocycles. The molecule has 1 atom stereocenters.